The Hall–Kier alpha value is -1.94. The van der Waals surface area contributed by atoms with E-state index in [0.717, 1.165) is 24.3 Å². The summed E-state index contributed by atoms with van der Waals surface area (Å²) in [5.74, 6) is 1.85. The van der Waals surface area contributed by atoms with E-state index in [1.807, 2.05) is 37.3 Å². The van der Waals surface area contributed by atoms with E-state index in [0.29, 0.717) is 6.54 Å². The lowest BCUT2D eigenvalue weighted by atomic mass is 10.1. The second-order valence-electron chi connectivity index (χ2n) is 5.68. The molecule has 1 N–H and O–H groups in total. The highest BCUT2D eigenvalue weighted by molar-refractivity contribution is 7.99. The molecule has 3 nitrogen and oxygen atoms in total. The van der Waals surface area contributed by atoms with Gasteiger partial charge in [-0.3, -0.25) is 4.79 Å². The summed E-state index contributed by atoms with van der Waals surface area (Å²) < 4.78 is 5.15. The molecule has 2 aromatic carbocycles. The maximum atomic E-state index is 12.1. The fourth-order valence-corrected chi connectivity index (χ4v) is 3.18. The maximum absolute atomic E-state index is 12.1. The predicted molar refractivity (Wildman–Crippen MR) is 102 cm³/mol. The van der Waals surface area contributed by atoms with E-state index in [1.165, 1.54) is 11.1 Å². The maximum Gasteiger partial charge on any atom is 0.232 e. The average molecular weight is 343 g/mol. The molecule has 0 aliphatic heterocycles. The Labute approximate surface area is 148 Å². The SMILES string of the molecule is COc1ccc(CCCNC(=O)[C@@H](C)SCc2ccccc2)cc1. The van der Waals surface area contributed by atoms with Crippen molar-refractivity contribution in [1.82, 2.24) is 5.32 Å². The molecule has 0 radical (unpaired) electrons. The van der Waals surface area contributed by atoms with Gasteiger partial charge in [-0.1, -0.05) is 42.5 Å². The third-order valence-corrected chi connectivity index (χ3v) is 5.03. The molecule has 24 heavy (non-hydrogen) atoms. The van der Waals surface area contributed by atoms with Gasteiger partial charge < -0.3 is 10.1 Å². The van der Waals surface area contributed by atoms with Crippen LogP contribution in [0.25, 0.3) is 0 Å². The summed E-state index contributed by atoms with van der Waals surface area (Å²) in [6.07, 6.45) is 1.89. The minimum absolute atomic E-state index is 0.0359. The molecule has 4 heteroatoms. The molecule has 0 spiro atoms. The van der Waals surface area contributed by atoms with Gasteiger partial charge in [-0.2, -0.15) is 0 Å². The van der Waals surface area contributed by atoms with Crippen molar-refractivity contribution in [1.29, 1.82) is 0 Å². The van der Waals surface area contributed by atoms with E-state index in [4.69, 9.17) is 4.74 Å². The van der Waals surface area contributed by atoms with Gasteiger partial charge in [0.05, 0.1) is 12.4 Å². The summed E-state index contributed by atoms with van der Waals surface area (Å²) in [4.78, 5) is 12.1. The van der Waals surface area contributed by atoms with Crippen molar-refractivity contribution in [2.75, 3.05) is 13.7 Å². The minimum Gasteiger partial charge on any atom is -0.497 e. The lowest BCUT2D eigenvalue weighted by Crippen LogP contribution is -2.31. The zero-order chi connectivity index (χ0) is 17.2. The summed E-state index contributed by atoms with van der Waals surface area (Å²) in [6, 6.07) is 18.3. The molecular formula is C20H25NO2S. The molecule has 2 aromatic rings. The van der Waals surface area contributed by atoms with Crippen LogP contribution < -0.4 is 10.1 Å². The minimum atomic E-state index is -0.0359. The van der Waals surface area contributed by atoms with Crippen molar-refractivity contribution in [2.24, 2.45) is 0 Å². The zero-order valence-corrected chi connectivity index (χ0v) is 15.1. The molecule has 0 aliphatic rings. The molecule has 0 aromatic heterocycles. The molecule has 0 heterocycles. The first-order chi connectivity index (χ1) is 11.7. The molecule has 0 saturated heterocycles. The van der Waals surface area contributed by atoms with Gasteiger partial charge >= 0.3 is 0 Å². The molecule has 0 bridgehead atoms. The van der Waals surface area contributed by atoms with Gasteiger partial charge in [-0.15, -0.1) is 11.8 Å². The largest absolute Gasteiger partial charge is 0.497 e. The Balaban J connectivity index is 1.63. The molecule has 1 atom stereocenters. The van der Waals surface area contributed by atoms with Crippen molar-refractivity contribution in [3.05, 3.63) is 65.7 Å². The monoisotopic (exact) mass is 343 g/mol. The van der Waals surface area contributed by atoms with E-state index in [2.05, 4.69) is 29.6 Å². The van der Waals surface area contributed by atoms with Crippen LogP contribution in [-0.4, -0.2) is 24.8 Å². The smallest absolute Gasteiger partial charge is 0.232 e. The van der Waals surface area contributed by atoms with Gasteiger partial charge in [-0.05, 0) is 43.0 Å². The molecule has 0 saturated carbocycles. The van der Waals surface area contributed by atoms with Gasteiger partial charge in [0.25, 0.3) is 0 Å². The van der Waals surface area contributed by atoms with Crippen LogP contribution in [0.5, 0.6) is 5.75 Å². The lowest BCUT2D eigenvalue weighted by Gasteiger charge is -2.12. The van der Waals surface area contributed by atoms with E-state index in [-0.39, 0.29) is 11.2 Å². The van der Waals surface area contributed by atoms with Crippen LogP contribution in [0.15, 0.2) is 54.6 Å². The Morgan fingerprint density at radius 2 is 1.79 bits per heavy atom. The van der Waals surface area contributed by atoms with Crippen molar-refractivity contribution >= 4 is 17.7 Å². The fraction of sp³-hybridized carbons (Fsp3) is 0.350. The van der Waals surface area contributed by atoms with Gasteiger partial charge in [0, 0.05) is 12.3 Å². The van der Waals surface area contributed by atoms with Gasteiger partial charge in [-0.25, -0.2) is 0 Å². The van der Waals surface area contributed by atoms with Crippen LogP contribution in [0.4, 0.5) is 0 Å². The molecule has 1 amide bonds. The Morgan fingerprint density at radius 1 is 1.08 bits per heavy atom. The second kappa shape index (κ2) is 10.0. The number of carbonyl (C=O) groups excluding carboxylic acids is 1. The number of thioether (sulfide) groups is 1. The molecule has 128 valence electrons. The lowest BCUT2D eigenvalue weighted by molar-refractivity contribution is -0.120. The molecule has 0 aliphatic carbocycles. The number of rotatable bonds is 9. The van der Waals surface area contributed by atoms with Crippen molar-refractivity contribution in [3.63, 3.8) is 0 Å². The van der Waals surface area contributed by atoms with Crippen LogP contribution >= 0.6 is 11.8 Å². The summed E-state index contributed by atoms with van der Waals surface area (Å²) in [6.45, 7) is 2.67. The fourth-order valence-electron chi connectivity index (χ4n) is 2.31. The van der Waals surface area contributed by atoms with Crippen LogP contribution in [0.3, 0.4) is 0 Å². The number of benzene rings is 2. The van der Waals surface area contributed by atoms with E-state index in [1.54, 1.807) is 18.9 Å². The zero-order valence-electron chi connectivity index (χ0n) is 14.3. The quantitative estimate of drug-likeness (QED) is 0.698. The first-order valence-electron chi connectivity index (χ1n) is 8.25. The summed E-state index contributed by atoms with van der Waals surface area (Å²) in [5.41, 5.74) is 2.51. The highest BCUT2D eigenvalue weighted by Gasteiger charge is 2.12. The highest BCUT2D eigenvalue weighted by Crippen LogP contribution is 2.17. The summed E-state index contributed by atoms with van der Waals surface area (Å²) in [7, 11) is 1.67. The number of carbonyl (C=O) groups is 1. The van der Waals surface area contributed by atoms with E-state index in [9.17, 15) is 4.79 Å². The number of hydrogen-bond acceptors (Lipinski definition) is 3. The predicted octanol–water partition coefficient (Wildman–Crippen LogP) is 4.07. The number of methoxy groups -OCH3 is 1. The summed E-state index contributed by atoms with van der Waals surface area (Å²) in [5, 5.41) is 2.99. The van der Waals surface area contributed by atoms with Crippen molar-refractivity contribution < 1.29 is 9.53 Å². The van der Waals surface area contributed by atoms with Crippen molar-refractivity contribution in [3.8, 4) is 5.75 Å². The normalized spacial score (nSPS) is 11.8. The standard InChI is InChI=1S/C20H25NO2S/c1-16(24-15-18-7-4-3-5-8-18)20(22)21-14-6-9-17-10-12-19(23-2)13-11-17/h3-5,7-8,10-13,16H,6,9,14-15H2,1-2H3,(H,21,22)/t16-/m1/s1. The van der Waals surface area contributed by atoms with Crippen LogP contribution in [-0.2, 0) is 17.0 Å². The Morgan fingerprint density at radius 3 is 2.46 bits per heavy atom. The number of ether oxygens (including phenoxy) is 1. The second-order valence-corrected chi connectivity index (χ2v) is 7.01. The summed E-state index contributed by atoms with van der Waals surface area (Å²) >= 11 is 1.67. The van der Waals surface area contributed by atoms with Crippen LogP contribution in [0.2, 0.25) is 0 Å². The third kappa shape index (κ3) is 6.28. The van der Waals surface area contributed by atoms with E-state index >= 15 is 0 Å². The number of hydrogen-bond donors (Lipinski definition) is 1. The first-order valence-corrected chi connectivity index (χ1v) is 9.30. The number of nitrogens with one attached hydrogen (secondary N) is 1. The first kappa shape index (κ1) is 18.4. The average Bonchev–Trinajstić information content (AvgIpc) is 2.64. The van der Waals surface area contributed by atoms with Crippen molar-refractivity contribution in [2.45, 2.75) is 30.8 Å². The topological polar surface area (TPSA) is 38.3 Å². The number of aryl methyl sites for hydroxylation is 1. The van der Waals surface area contributed by atoms with Crippen LogP contribution in [0.1, 0.15) is 24.5 Å². The van der Waals surface area contributed by atoms with Crippen LogP contribution in [0, 0.1) is 0 Å². The van der Waals surface area contributed by atoms with Gasteiger partial charge in [0.1, 0.15) is 5.75 Å². The van der Waals surface area contributed by atoms with Gasteiger partial charge in [0.2, 0.25) is 5.91 Å². The third-order valence-electron chi connectivity index (χ3n) is 3.81. The number of amides is 1. The highest BCUT2D eigenvalue weighted by atomic mass is 32.2. The molecule has 0 unspecified atom stereocenters. The molecular weight excluding hydrogens is 318 g/mol. The molecule has 2 rings (SSSR count). The van der Waals surface area contributed by atoms with Gasteiger partial charge in [0.15, 0.2) is 0 Å². The Bertz CT molecular complexity index is 613. The van der Waals surface area contributed by atoms with E-state index < -0.39 is 0 Å². The molecule has 0 fully saturated rings. The Kier molecular flexibility index (Phi) is 7.69.